The van der Waals surface area contributed by atoms with Crippen LogP contribution in [-0.4, -0.2) is 116 Å². The lowest BCUT2D eigenvalue weighted by molar-refractivity contribution is -0.279. The molecule has 2 aliphatic heterocycles. The topological polar surface area (TPSA) is 320 Å². The highest BCUT2D eigenvalue weighted by atomic mass is 32.2. The predicted octanol–water partition coefficient (Wildman–Crippen LogP) is -3.07. The molecule has 0 saturated carbocycles. The molecule has 3 heterocycles. The Morgan fingerprint density at radius 2 is 1.46 bits per heavy atom. The Balaban J connectivity index is 1.36. The molecule has 0 aliphatic carbocycles. The monoisotopic (exact) mass is 720 g/mol. The maximum atomic E-state index is 12.5. The number of nitrogens with zero attached hydrogens (tertiary/aromatic N) is 1. The van der Waals surface area contributed by atoms with E-state index < -0.39 is 105 Å². The third kappa shape index (κ3) is 8.62. The molecule has 11 atom stereocenters. The summed E-state index contributed by atoms with van der Waals surface area (Å²) < 4.78 is 79.1. The van der Waals surface area contributed by atoms with Gasteiger partial charge in [0.25, 0.3) is 15.7 Å². The predicted molar refractivity (Wildman–Crippen MR) is 146 cm³/mol. The summed E-state index contributed by atoms with van der Waals surface area (Å²) in [6.45, 7) is -0.359. The van der Waals surface area contributed by atoms with Gasteiger partial charge in [-0.25, -0.2) is 13.9 Å². The van der Waals surface area contributed by atoms with Crippen LogP contribution in [0.5, 0.6) is 0 Å². The van der Waals surface area contributed by atoms with Crippen molar-refractivity contribution in [2.24, 2.45) is 0 Å². The quantitative estimate of drug-likeness (QED) is 0.0796. The molecule has 2 aromatic rings. The van der Waals surface area contributed by atoms with Crippen molar-refractivity contribution in [3.05, 3.63) is 62.9 Å². The van der Waals surface area contributed by atoms with E-state index in [0.717, 1.165) is 17.8 Å². The number of H-pyrrole nitrogens is 1. The smallest absolute Gasteiger partial charge is 0.387 e. The molecule has 24 heteroatoms. The summed E-state index contributed by atoms with van der Waals surface area (Å²) in [6, 6.07) is 6.34. The Hall–Kier alpha value is -2.21. The lowest BCUT2D eigenvalue weighted by atomic mass is 10.00. The molecule has 46 heavy (non-hydrogen) atoms. The first kappa shape index (κ1) is 36.6. The van der Waals surface area contributed by atoms with Crippen molar-refractivity contribution in [1.29, 1.82) is 0 Å². The molecule has 21 nitrogen and oxygen atoms in total. The molecule has 0 spiro atoms. The second-order valence-electron chi connectivity index (χ2n) is 10.1. The minimum Gasteiger partial charge on any atom is -0.387 e. The van der Waals surface area contributed by atoms with E-state index in [2.05, 4.69) is 13.4 Å². The maximum absolute atomic E-state index is 12.5. The molecule has 2 aliphatic rings. The normalized spacial score (nSPS) is 32.9. The highest BCUT2D eigenvalue weighted by Crippen LogP contribution is 2.61. The molecular weight excluding hydrogens is 690 g/mol. The van der Waals surface area contributed by atoms with Gasteiger partial charge in [0, 0.05) is 12.3 Å². The summed E-state index contributed by atoms with van der Waals surface area (Å²) in [6.07, 6.45) is -16.5. The molecule has 1 aromatic heterocycles. The van der Waals surface area contributed by atoms with Crippen LogP contribution >= 0.6 is 15.6 Å². The van der Waals surface area contributed by atoms with Gasteiger partial charge >= 0.3 is 21.3 Å². The Labute approximate surface area is 258 Å². The van der Waals surface area contributed by atoms with Gasteiger partial charge in [-0.15, -0.1) is 0 Å². The number of phosphoric acid groups is 2. The lowest BCUT2D eigenvalue weighted by Gasteiger charge is -2.40. The van der Waals surface area contributed by atoms with Gasteiger partial charge in [-0.2, -0.15) is 12.7 Å². The van der Waals surface area contributed by atoms with Crippen molar-refractivity contribution < 1.29 is 79.9 Å². The number of rotatable bonds is 12. The van der Waals surface area contributed by atoms with Crippen molar-refractivity contribution in [2.45, 2.75) is 67.1 Å². The number of aliphatic hydroxyl groups excluding tert-OH is 5. The van der Waals surface area contributed by atoms with E-state index in [0.29, 0.717) is 4.57 Å². The molecular formula is C22H30N2O19P2S. The molecule has 258 valence electrons. The molecule has 0 radical (unpaired) electrons. The molecule has 2 saturated heterocycles. The van der Waals surface area contributed by atoms with E-state index in [9.17, 15) is 62.5 Å². The third-order valence-corrected chi connectivity index (χ3v) is 10.6. The standard InChI is InChI=1S/C22H30N2O19P2S/c1-10-2-4-11(5-3-10)46(36,37)39-9-13-15(26)17(28)19(30)21(41-13)42-45(34,35)43-44(32,33)38-8-12-16(27)18(29)20(40-12)24-7-6-14(25)23-22(24)31/h2-7,12-13,15-21,26-30H,8-9H2,1H3,(H,32,33)(H,34,35)(H,23,25,31)/t12?,13?,15-,16+,17?,18+,19?,20?,21+/m0/s1. The first-order valence-electron chi connectivity index (χ1n) is 13.0. The van der Waals surface area contributed by atoms with E-state index in [1.54, 1.807) is 6.92 Å². The molecule has 4 rings (SSSR count). The van der Waals surface area contributed by atoms with Crippen LogP contribution in [0.1, 0.15) is 11.8 Å². The summed E-state index contributed by atoms with van der Waals surface area (Å²) in [5, 5.41) is 51.1. The number of nitrogens with one attached hydrogen (secondary N) is 1. The summed E-state index contributed by atoms with van der Waals surface area (Å²) in [5.41, 5.74) is -1.05. The number of aromatic nitrogens is 2. The van der Waals surface area contributed by atoms with Crippen molar-refractivity contribution in [3.8, 4) is 0 Å². The number of aliphatic hydroxyl groups is 5. The fraction of sp³-hybridized carbons (Fsp3) is 0.545. The molecule has 7 unspecified atom stereocenters. The number of hydrogen-bond donors (Lipinski definition) is 8. The van der Waals surface area contributed by atoms with Gasteiger partial charge in [0.1, 0.15) is 42.7 Å². The van der Waals surface area contributed by atoms with Crippen LogP contribution in [0.3, 0.4) is 0 Å². The SMILES string of the molecule is Cc1ccc(S(=O)(=O)OCC2O[C@H](OP(=O)(O)OP(=O)(O)OCC3OC(n4ccc(=O)[nH]c4=O)[C@H](O)[C@@H]3O)C(O)C(O)[C@H]2O)cc1. The van der Waals surface area contributed by atoms with Gasteiger partial charge in [0.2, 0.25) is 0 Å². The van der Waals surface area contributed by atoms with Crippen molar-refractivity contribution in [1.82, 2.24) is 9.55 Å². The first-order valence-corrected chi connectivity index (χ1v) is 17.4. The maximum Gasteiger partial charge on any atom is 0.483 e. The molecule has 2 fully saturated rings. The Kier molecular flexibility index (Phi) is 11.2. The molecule has 0 bridgehead atoms. The van der Waals surface area contributed by atoms with Gasteiger partial charge in [0.05, 0.1) is 18.1 Å². The zero-order chi connectivity index (χ0) is 34.2. The van der Waals surface area contributed by atoms with Crippen LogP contribution < -0.4 is 11.2 Å². The van der Waals surface area contributed by atoms with Crippen LogP contribution in [0.15, 0.2) is 51.0 Å². The number of aromatic amines is 1. The minimum atomic E-state index is -5.76. The van der Waals surface area contributed by atoms with Crippen LogP contribution in [0.2, 0.25) is 0 Å². The zero-order valence-electron chi connectivity index (χ0n) is 23.4. The Morgan fingerprint density at radius 1 is 0.848 bits per heavy atom. The van der Waals surface area contributed by atoms with Crippen LogP contribution in [0.4, 0.5) is 0 Å². The van der Waals surface area contributed by atoms with Crippen molar-refractivity contribution >= 4 is 25.8 Å². The van der Waals surface area contributed by atoms with E-state index in [-0.39, 0.29) is 4.90 Å². The van der Waals surface area contributed by atoms with Gasteiger partial charge in [-0.3, -0.25) is 27.6 Å². The van der Waals surface area contributed by atoms with E-state index in [1.165, 1.54) is 24.3 Å². The highest BCUT2D eigenvalue weighted by molar-refractivity contribution is 7.86. The third-order valence-electron chi connectivity index (χ3n) is 6.67. The van der Waals surface area contributed by atoms with Gasteiger partial charge in [-0.1, -0.05) is 17.7 Å². The first-order chi connectivity index (χ1) is 21.3. The lowest BCUT2D eigenvalue weighted by Crippen LogP contribution is -2.59. The zero-order valence-corrected chi connectivity index (χ0v) is 26.0. The second kappa shape index (κ2) is 14.1. The van der Waals surface area contributed by atoms with Crippen LogP contribution in [0, 0.1) is 6.92 Å². The summed E-state index contributed by atoms with van der Waals surface area (Å²) in [7, 11) is -15.8. The number of benzene rings is 1. The van der Waals surface area contributed by atoms with Gasteiger partial charge in [-0.05, 0) is 19.1 Å². The van der Waals surface area contributed by atoms with Gasteiger partial charge < -0.3 is 44.8 Å². The fourth-order valence-electron chi connectivity index (χ4n) is 4.27. The number of phosphoric ester groups is 2. The van der Waals surface area contributed by atoms with Crippen LogP contribution in [0.25, 0.3) is 0 Å². The number of aryl methyl sites for hydroxylation is 1. The molecule has 0 amide bonds. The summed E-state index contributed by atoms with van der Waals surface area (Å²) in [5.74, 6) is 0. The second-order valence-corrected chi connectivity index (χ2v) is 14.7. The minimum absolute atomic E-state index is 0.269. The number of hydrogen-bond acceptors (Lipinski definition) is 17. The summed E-state index contributed by atoms with van der Waals surface area (Å²) in [4.78, 5) is 44.9. The Morgan fingerprint density at radius 3 is 2.09 bits per heavy atom. The highest BCUT2D eigenvalue weighted by Gasteiger charge is 2.50. The van der Waals surface area contributed by atoms with Crippen molar-refractivity contribution in [3.63, 3.8) is 0 Å². The van der Waals surface area contributed by atoms with E-state index in [1.807, 2.05) is 4.98 Å². The summed E-state index contributed by atoms with van der Waals surface area (Å²) >= 11 is 0. The van der Waals surface area contributed by atoms with Crippen molar-refractivity contribution in [2.75, 3.05) is 13.2 Å². The fourth-order valence-corrected chi connectivity index (χ4v) is 7.34. The van der Waals surface area contributed by atoms with Crippen LogP contribution in [-0.2, 0) is 46.3 Å². The number of ether oxygens (including phenoxy) is 2. The van der Waals surface area contributed by atoms with E-state index in [4.69, 9.17) is 13.7 Å². The average molecular weight is 720 g/mol. The van der Waals surface area contributed by atoms with E-state index >= 15 is 0 Å². The Bertz CT molecular complexity index is 1700. The molecule has 1 aromatic carbocycles. The van der Waals surface area contributed by atoms with Gasteiger partial charge in [0.15, 0.2) is 12.5 Å². The average Bonchev–Trinajstić information content (AvgIpc) is 3.24. The largest absolute Gasteiger partial charge is 0.483 e. The molecule has 8 N–H and O–H groups in total.